The van der Waals surface area contributed by atoms with Crippen molar-refractivity contribution < 1.29 is 9.47 Å². The highest BCUT2D eigenvalue weighted by molar-refractivity contribution is 5.86. The monoisotopic (exact) mass is 372 g/mol. The van der Waals surface area contributed by atoms with Crippen LogP contribution in [-0.2, 0) is 19.4 Å². The van der Waals surface area contributed by atoms with Crippen LogP contribution in [0.15, 0.2) is 48.5 Å². The van der Waals surface area contributed by atoms with E-state index >= 15 is 0 Å². The van der Waals surface area contributed by atoms with Crippen LogP contribution in [0.5, 0.6) is 11.5 Å². The van der Waals surface area contributed by atoms with Crippen molar-refractivity contribution in [1.29, 1.82) is 0 Å². The molecule has 0 aliphatic carbocycles. The van der Waals surface area contributed by atoms with Gasteiger partial charge in [0.25, 0.3) is 0 Å². The van der Waals surface area contributed by atoms with Crippen LogP contribution in [0.1, 0.15) is 11.3 Å². The number of rotatable bonds is 5. The molecule has 0 saturated heterocycles. The van der Waals surface area contributed by atoms with E-state index < -0.39 is 0 Å². The van der Waals surface area contributed by atoms with Crippen molar-refractivity contribution in [2.24, 2.45) is 0 Å². The second-order valence-corrected chi connectivity index (χ2v) is 6.34. The van der Waals surface area contributed by atoms with Crippen LogP contribution in [-0.4, -0.2) is 31.4 Å². The SMILES string of the molecule is COc1ccccc1OCCc1c2n(c3ccccc13)CCNCC2.Cl. The molecule has 1 aromatic heterocycles. The Hall–Kier alpha value is -2.17. The zero-order valence-corrected chi connectivity index (χ0v) is 15.8. The average molecular weight is 373 g/mol. The van der Waals surface area contributed by atoms with E-state index in [2.05, 4.69) is 34.1 Å². The molecule has 1 aliphatic rings. The molecular weight excluding hydrogens is 348 g/mol. The van der Waals surface area contributed by atoms with Crippen LogP contribution < -0.4 is 14.8 Å². The Kier molecular flexibility index (Phi) is 6.07. The lowest BCUT2D eigenvalue weighted by atomic mass is 10.1. The van der Waals surface area contributed by atoms with Gasteiger partial charge in [0.05, 0.1) is 13.7 Å². The molecule has 26 heavy (non-hydrogen) atoms. The molecule has 3 aromatic rings. The first-order valence-corrected chi connectivity index (χ1v) is 8.94. The molecule has 4 nitrogen and oxygen atoms in total. The summed E-state index contributed by atoms with van der Waals surface area (Å²) in [7, 11) is 1.68. The van der Waals surface area contributed by atoms with Crippen molar-refractivity contribution in [3.8, 4) is 11.5 Å². The minimum absolute atomic E-state index is 0. The molecule has 4 rings (SSSR count). The Labute approximate surface area is 160 Å². The largest absolute Gasteiger partial charge is 0.493 e. The van der Waals surface area contributed by atoms with Crippen molar-refractivity contribution in [3.63, 3.8) is 0 Å². The van der Waals surface area contributed by atoms with Gasteiger partial charge in [0.2, 0.25) is 0 Å². The van der Waals surface area contributed by atoms with E-state index in [4.69, 9.17) is 9.47 Å². The summed E-state index contributed by atoms with van der Waals surface area (Å²) >= 11 is 0. The van der Waals surface area contributed by atoms with E-state index in [-0.39, 0.29) is 12.4 Å². The normalized spacial score (nSPS) is 13.6. The molecule has 0 bridgehead atoms. The van der Waals surface area contributed by atoms with Crippen LogP contribution >= 0.6 is 12.4 Å². The fourth-order valence-corrected chi connectivity index (χ4v) is 3.77. The Balaban J connectivity index is 0.00000196. The number of halogens is 1. The highest BCUT2D eigenvalue weighted by atomic mass is 35.5. The highest BCUT2D eigenvalue weighted by Crippen LogP contribution is 2.29. The second-order valence-electron chi connectivity index (χ2n) is 6.34. The smallest absolute Gasteiger partial charge is 0.161 e. The summed E-state index contributed by atoms with van der Waals surface area (Å²) < 4.78 is 13.9. The summed E-state index contributed by atoms with van der Waals surface area (Å²) in [5, 5.41) is 4.86. The minimum atomic E-state index is 0. The lowest BCUT2D eigenvalue weighted by molar-refractivity contribution is 0.297. The first-order valence-electron chi connectivity index (χ1n) is 8.94. The van der Waals surface area contributed by atoms with E-state index in [0.29, 0.717) is 6.61 Å². The molecule has 0 spiro atoms. The number of hydrogen-bond donors (Lipinski definition) is 1. The molecular formula is C21H25ClN2O2. The third-order valence-corrected chi connectivity index (χ3v) is 4.92. The molecule has 1 aliphatic heterocycles. The molecule has 138 valence electrons. The minimum Gasteiger partial charge on any atom is -0.493 e. The van der Waals surface area contributed by atoms with E-state index in [1.165, 1.54) is 22.2 Å². The summed E-state index contributed by atoms with van der Waals surface area (Å²) in [6, 6.07) is 16.6. The Morgan fingerprint density at radius 2 is 1.77 bits per heavy atom. The number of benzene rings is 2. The average Bonchev–Trinajstić information content (AvgIpc) is 2.81. The first kappa shape index (κ1) is 18.6. The zero-order valence-electron chi connectivity index (χ0n) is 15.0. The number of methoxy groups -OCH3 is 1. The fourth-order valence-electron chi connectivity index (χ4n) is 3.77. The standard InChI is InChI=1S/C21H24N2O2.ClH/c1-24-20-8-4-5-9-21(20)25-15-11-17-16-6-2-3-7-18(16)23-14-13-22-12-10-19(17)23;/h2-9,22H,10-15H2,1H3;1H. The zero-order chi connectivity index (χ0) is 17.1. The molecule has 2 aromatic carbocycles. The number of aromatic nitrogens is 1. The van der Waals surface area contributed by atoms with Crippen LogP contribution in [0.3, 0.4) is 0 Å². The topological polar surface area (TPSA) is 35.4 Å². The predicted octanol–water partition coefficient (Wildman–Crippen LogP) is 3.84. The highest BCUT2D eigenvalue weighted by Gasteiger charge is 2.18. The molecule has 0 amide bonds. The van der Waals surface area contributed by atoms with Crippen molar-refractivity contribution in [2.75, 3.05) is 26.8 Å². The van der Waals surface area contributed by atoms with E-state index in [9.17, 15) is 0 Å². The Morgan fingerprint density at radius 1 is 1.00 bits per heavy atom. The summed E-state index contributed by atoms with van der Waals surface area (Å²) in [5.74, 6) is 1.59. The van der Waals surface area contributed by atoms with Crippen molar-refractivity contribution in [1.82, 2.24) is 9.88 Å². The van der Waals surface area contributed by atoms with Gasteiger partial charge in [-0.15, -0.1) is 12.4 Å². The van der Waals surface area contributed by atoms with Crippen LogP contribution in [0.4, 0.5) is 0 Å². The first-order chi connectivity index (χ1) is 12.4. The summed E-state index contributed by atoms with van der Waals surface area (Å²) in [6.45, 7) is 3.75. The van der Waals surface area contributed by atoms with Crippen molar-refractivity contribution in [2.45, 2.75) is 19.4 Å². The van der Waals surface area contributed by atoms with E-state index in [1.807, 2.05) is 24.3 Å². The van der Waals surface area contributed by atoms with Crippen molar-refractivity contribution >= 4 is 23.3 Å². The van der Waals surface area contributed by atoms with Gasteiger partial charge in [0, 0.05) is 49.1 Å². The maximum absolute atomic E-state index is 6.02. The molecule has 0 fully saturated rings. The number of nitrogens with one attached hydrogen (secondary N) is 1. The number of ether oxygens (including phenoxy) is 2. The van der Waals surface area contributed by atoms with Gasteiger partial charge in [-0.1, -0.05) is 30.3 Å². The van der Waals surface area contributed by atoms with E-state index in [0.717, 1.165) is 44.0 Å². The Morgan fingerprint density at radius 3 is 2.62 bits per heavy atom. The second kappa shape index (κ2) is 8.47. The van der Waals surface area contributed by atoms with Gasteiger partial charge in [0.15, 0.2) is 11.5 Å². The van der Waals surface area contributed by atoms with Crippen LogP contribution in [0.2, 0.25) is 0 Å². The van der Waals surface area contributed by atoms with Crippen LogP contribution in [0, 0.1) is 0 Å². The number of para-hydroxylation sites is 3. The van der Waals surface area contributed by atoms with Gasteiger partial charge in [-0.25, -0.2) is 0 Å². The summed E-state index contributed by atoms with van der Waals surface area (Å²) in [6.07, 6.45) is 1.97. The fraction of sp³-hybridized carbons (Fsp3) is 0.333. The molecule has 0 radical (unpaired) electrons. The lowest BCUT2D eigenvalue weighted by Crippen LogP contribution is -2.17. The number of fused-ring (bicyclic) bond motifs is 3. The van der Waals surface area contributed by atoms with Gasteiger partial charge in [-0.05, 0) is 23.8 Å². The van der Waals surface area contributed by atoms with E-state index in [1.54, 1.807) is 7.11 Å². The molecule has 0 unspecified atom stereocenters. The van der Waals surface area contributed by atoms with Gasteiger partial charge in [-0.3, -0.25) is 0 Å². The number of nitrogens with zero attached hydrogens (tertiary/aromatic N) is 1. The molecule has 0 saturated carbocycles. The maximum atomic E-state index is 6.02. The quantitative estimate of drug-likeness (QED) is 0.739. The third-order valence-electron chi connectivity index (χ3n) is 4.92. The third kappa shape index (κ3) is 3.53. The Bertz CT molecular complexity index is 876. The summed E-state index contributed by atoms with van der Waals surface area (Å²) in [5.41, 5.74) is 4.22. The van der Waals surface area contributed by atoms with Crippen LogP contribution in [0.25, 0.3) is 10.9 Å². The van der Waals surface area contributed by atoms with Gasteiger partial charge in [0.1, 0.15) is 0 Å². The molecule has 1 N–H and O–H groups in total. The maximum Gasteiger partial charge on any atom is 0.161 e. The molecule has 2 heterocycles. The summed E-state index contributed by atoms with van der Waals surface area (Å²) in [4.78, 5) is 0. The molecule has 5 heteroatoms. The predicted molar refractivity (Wildman–Crippen MR) is 108 cm³/mol. The van der Waals surface area contributed by atoms with Gasteiger partial charge < -0.3 is 19.4 Å². The lowest BCUT2D eigenvalue weighted by Gasteiger charge is -2.11. The number of hydrogen-bond acceptors (Lipinski definition) is 3. The van der Waals surface area contributed by atoms with Gasteiger partial charge >= 0.3 is 0 Å². The molecule has 0 atom stereocenters. The van der Waals surface area contributed by atoms with Gasteiger partial charge in [-0.2, -0.15) is 0 Å². The van der Waals surface area contributed by atoms with Crippen molar-refractivity contribution in [3.05, 3.63) is 59.8 Å².